The predicted octanol–water partition coefficient (Wildman–Crippen LogP) is 3.40. The van der Waals surface area contributed by atoms with E-state index in [-0.39, 0.29) is 40.7 Å². The first kappa shape index (κ1) is 24.3. The molecule has 1 saturated carbocycles. The number of nitrogens with one attached hydrogen (secondary N) is 2. The summed E-state index contributed by atoms with van der Waals surface area (Å²) in [4.78, 5) is 4.92. The third-order valence-corrected chi connectivity index (χ3v) is 7.31. The van der Waals surface area contributed by atoms with Crippen molar-refractivity contribution in [3.05, 3.63) is 0 Å². The van der Waals surface area contributed by atoms with Gasteiger partial charge in [-0.3, -0.25) is 4.99 Å². The quantitative estimate of drug-likeness (QED) is 0.272. The SMILES string of the molecule is CCNC(=NCC1(CCO)CCCCC1)NCC1(SC)CCOCC1.I. The van der Waals surface area contributed by atoms with E-state index in [0.29, 0.717) is 0 Å². The molecule has 0 atom stereocenters. The van der Waals surface area contributed by atoms with Gasteiger partial charge in [-0.15, -0.1) is 24.0 Å². The second-order valence-corrected chi connectivity index (χ2v) is 8.86. The Morgan fingerprint density at radius 2 is 1.81 bits per heavy atom. The van der Waals surface area contributed by atoms with Crippen LogP contribution in [0, 0.1) is 5.41 Å². The molecule has 1 aliphatic heterocycles. The van der Waals surface area contributed by atoms with Crippen molar-refractivity contribution in [3.63, 3.8) is 0 Å². The summed E-state index contributed by atoms with van der Waals surface area (Å²) < 4.78 is 5.79. The van der Waals surface area contributed by atoms with E-state index in [1.165, 1.54) is 32.1 Å². The molecule has 1 heterocycles. The van der Waals surface area contributed by atoms with Gasteiger partial charge in [0.05, 0.1) is 0 Å². The number of rotatable bonds is 8. The maximum absolute atomic E-state index is 9.50. The zero-order valence-corrected chi connectivity index (χ0v) is 19.7. The normalized spacial score (nSPS) is 22.3. The Labute approximate surface area is 180 Å². The summed E-state index contributed by atoms with van der Waals surface area (Å²) in [5, 5.41) is 16.5. The molecule has 7 heteroatoms. The number of hydrogen-bond donors (Lipinski definition) is 3. The third kappa shape index (κ3) is 7.36. The number of aliphatic hydroxyl groups excluding tert-OH is 1. The lowest BCUT2D eigenvalue weighted by molar-refractivity contribution is 0.0782. The van der Waals surface area contributed by atoms with Crippen molar-refractivity contribution < 1.29 is 9.84 Å². The molecule has 2 aliphatic rings. The van der Waals surface area contributed by atoms with Crippen LogP contribution in [0.3, 0.4) is 0 Å². The summed E-state index contributed by atoms with van der Waals surface area (Å²) in [6, 6.07) is 0. The Morgan fingerprint density at radius 3 is 2.38 bits per heavy atom. The number of ether oxygens (including phenoxy) is 1. The van der Waals surface area contributed by atoms with Crippen molar-refractivity contribution in [2.45, 2.75) is 63.0 Å². The van der Waals surface area contributed by atoms with Crippen molar-refractivity contribution in [2.75, 3.05) is 45.7 Å². The lowest BCUT2D eigenvalue weighted by Crippen LogP contribution is -2.48. The van der Waals surface area contributed by atoms with Gasteiger partial charge in [0.2, 0.25) is 0 Å². The van der Waals surface area contributed by atoms with E-state index in [0.717, 1.165) is 58.1 Å². The molecule has 0 aromatic carbocycles. The second kappa shape index (κ2) is 12.7. The molecule has 0 aromatic rings. The van der Waals surface area contributed by atoms with Crippen LogP contribution >= 0.6 is 35.7 Å². The number of thioether (sulfide) groups is 1. The molecule has 2 rings (SSSR count). The number of hydrogen-bond acceptors (Lipinski definition) is 4. The summed E-state index contributed by atoms with van der Waals surface area (Å²) in [7, 11) is 0. The Hall–Kier alpha value is 0.270. The molecule has 0 amide bonds. The molecule has 0 radical (unpaired) electrons. The average Bonchev–Trinajstić information content (AvgIpc) is 2.66. The van der Waals surface area contributed by atoms with Crippen LogP contribution in [0.25, 0.3) is 0 Å². The molecule has 3 N–H and O–H groups in total. The molecule has 5 nitrogen and oxygen atoms in total. The van der Waals surface area contributed by atoms with Gasteiger partial charge in [0.25, 0.3) is 0 Å². The van der Waals surface area contributed by atoms with Gasteiger partial charge in [-0.2, -0.15) is 11.8 Å². The van der Waals surface area contributed by atoms with Crippen molar-refractivity contribution >= 4 is 41.7 Å². The first-order chi connectivity index (χ1) is 12.2. The average molecular weight is 500 g/mol. The first-order valence-corrected chi connectivity index (χ1v) is 11.2. The number of halogens is 1. The van der Waals surface area contributed by atoms with Gasteiger partial charge in [-0.25, -0.2) is 0 Å². The van der Waals surface area contributed by atoms with Gasteiger partial charge >= 0.3 is 0 Å². The van der Waals surface area contributed by atoms with E-state index >= 15 is 0 Å². The van der Waals surface area contributed by atoms with E-state index in [4.69, 9.17) is 9.73 Å². The Balaban J connectivity index is 0.00000338. The zero-order valence-electron chi connectivity index (χ0n) is 16.5. The summed E-state index contributed by atoms with van der Waals surface area (Å²) >= 11 is 1.95. The van der Waals surface area contributed by atoms with Crippen LogP contribution in [0.2, 0.25) is 0 Å². The number of aliphatic imine (C=N–C) groups is 1. The third-order valence-electron chi connectivity index (χ3n) is 5.89. The van der Waals surface area contributed by atoms with E-state index < -0.39 is 0 Å². The fourth-order valence-electron chi connectivity index (χ4n) is 4.06. The Bertz CT molecular complexity index is 406. The van der Waals surface area contributed by atoms with Crippen LogP contribution in [-0.4, -0.2) is 61.5 Å². The lowest BCUT2D eigenvalue weighted by atomic mass is 9.72. The molecule has 154 valence electrons. The Morgan fingerprint density at radius 1 is 1.12 bits per heavy atom. The smallest absolute Gasteiger partial charge is 0.191 e. The van der Waals surface area contributed by atoms with Crippen molar-refractivity contribution in [3.8, 4) is 0 Å². The highest BCUT2D eigenvalue weighted by Gasteiger charge is 2.33. The second-order valence-electron chi connectivity index (χ2n) is 7.58. The summed E-state index contributed by atoms with van der Waals surface area (Å²) in [5.41, 5.74) is 0.200. The molecular formula is C19H38IN3O2S. The van der Waals surface area contributed by atoms with E-state index in [2.05, 4.69) is 23.8 Å². The van der Waals surface area contributed by atoms with Crippen LogP contribution in [0.4, 0.5) is 0 Å². The van der Waals surface area contributed by atoms with Crippen molar-refractivity contribution in [1.29, 1.82) is 0 Å². The van der Waals surface area contributed by atoms with Gasteiger partial charge in [0, 0.05) is 44.2 Å². The molecule has 1 saturated heterocycles. The minimum Gasteiger partial charge on any atom is -0.396 e. The molecule has 2 fully saturated rings. The number of aliphatic hydroxyl groups is 1. The zero-order chi connectivity index (χ0) is 18.0. The highest BCUT2D eigenvalue weighted by molar-refractivity contribution is 14.0. The van der Waals surface area contributed by atoms with Gasteiger partial charge in [0.1, 0.15) is 0 Å². The molecular weight excluding hydrogens is 461 g/mol. The lowest BCUT2D eigenvalue weighted by Gasteiger charge is -2.37. The minimum absolute atomic E-state index is 0. The van der Waals surface area contributed by atoms with Gasteiger partial charge in [0.15, 0.2) is 5.96 Å². The van der Waals surface area contributed by atoms with Crippen LogP contribution in [0.1, 0.15) is 58.3 Å². The number of nitrogens with zero attached hydrogens (tertiary/aromatic N) is 1. The molecule has 26 heavy (non-hydrogen) atoms. The van der Waals surface area contributed by atoms with E-state index in [1.54, 1.807) is 0 Å². The highest BCUT2D eigenvalue weighted by atomic mass is 127. The molecule has 0 unspecified atom stereocenters. The van der Waals surface area contributed by atoms with Crippen molar-refractivity contribution in [1.82, 2.24) is 10.6 Å². The predicted molar refractivity (Wildman–Crippen MR) is 123 cm³/mol. The van der Waals surface area contributed by atoms with E-state index in [9.17, 15) is 5.11 Å². The highest BCUT2D eigenvalue weighted by Crippen LogP contribution is 2.39. The van der Waals surface area contributed by atoms with Gasteiger partial charge in [-0.05, 0) is 50.7 Å². The molecule has 1 aliphatic carbocycles. The molecule has 0 aromatic heterocycles. The standard InChI is InChI=1S/C19H37N3O2S.HI/c1-3-20-17(22-16-19(25-2)10-13-24-14-11-19)21-15-18(9-12-23)7-5-4-6-8-18;/h23H,3-16H2,1-2H3,(H2,20,21,22);1H. The van der Waals surface area contributed by atoms with Crippen LogP contribution < -0.4 is 10.6 Å². The fourth-order valence-corrected chi connectivity index (χ4v) is 4.85. The first-order valence-electron chi connectivity index (χ1n) is 9.93. The summed E-state index contributed by atoms with van der Waals surface area (Å²) in [6.45, 7) is 6.71. The molecule has 0 spiro atoms. The maximum Gasteiger partial charge on any atom is 0.191 e. The topological polar surface area (TPSA) is 65.9 Å². The Kier molecular flexibility index (Phi) is 11.8. The maximum atomic E-state index is 9.50. The van der Waals surface area contributed by atoms with Crippen LogP contribution in [0.15, 0.2) is 4.99 Å². The van der Waals surface area contributed by atoms with Crippen LogP contribution in [-0.2, 0) is 4.74 Å². The summed E-state index contributed by atoms with van der Waals surface area (Å²) in [6.07, 6.45) is 11.5. The largest absolute Gasteiger partial charge is 0.396 e. The molecule has 0 bridgehead atoms. The fraction of sp³-hybridized carbons (Fsp3) is 0.947. The van der Waals surface area contributed by atoms with Crippen molar-refractivity contribution in [2.24, 2.45) is 10.4 Å². The monoisotopic (exact) mass is 499 g/mol. The van der Waals surface area contributed by atoms with Crippen LogP contribution in [0.5, 0.6) is 0 Å². The number of guanidine groups is 1. The summed E-state index contributed by atoms with van der Waals surface area (Å²) in [5.74, 6) is 0.922. The van der Waals surface area contributed by atoms with E-state index in [1.807, 2.05) is 11.8 Å². The minimum atomic E-state index is 0. The van der Waals surface area contributed by atoms with Gasteiger partial charge in [-0.1, -0.05) is 19.3 Å². The van der Waals surface area contributed by atoms with Gasteiger partial charge < -0.3 is 20.5 Å².